The molecule has 0 radical (unpaired) electrons. The van der Waals surface area contributed by atoms with E-state index in [1.807, 2.05) is 13.8 Å². The maximum Gasteiger partial charge on any atom is 0.354 e. The lowest BCUT2D eigenvalue weighted by molar-refractivity contribution is 0.0689. The number of nitrogens with one attached hydrogen (secondary N) is 1. The molecular weight excluding hydrogens is 170 g/mol. The average molecular weight is 183 g/mol. The molecule has 0 fully saturated rings. The smallest absolute Gasteiger partial charge is 0.354 e. The van der Waals surface area contributed by atoms with Gasteiger partial charge in [-0.25, -0.2) is 4.79 Å². The third-order valence-electron chi connectivity index (χ3n) is 1.73. The number of aromatic nitrogens is 2. The van der Waals surface area contributed by atoms with Crippen molar-refractivity contribution in [3.8, 4) is 0 Å². The first-order valence-electron chi connectivity index (χ1n) is 4.08. The number of rotatable bonds is 3. The van der Waals surface area contributed by atoms with Crippen molar-refractivity contribution in [3.05, 3.63) is 11.3 Å². The summed E-state index contributed by atoms with van der Waals surface area (Å²) in [5.41, 5.74) is 6.22. The molecule has 0 aliphatic rings. The standard InChI is InChI=1S/C8H13N3O2/c1-4(2)3-5-6(8(12)13)10-11-7(5)9/h4H,3H2,1-2H3,(H,12,13)(H3,9,10,11). The first-order valence-corrected chi connectivity index (χ1v) is 4.08. The molecule has 1 aromatic rings. The SMILES string of the molecule is CC(C)Cc1c(N)n[nH]c1C(=O)O. The minimum absolute atomic E-state index is 0.103. The molecule has 0 unspecified atom stereocenters. The number of hydrogen-bond acceptors (Lipinski definition) is 3. The highest BCUT2D eigenvalue weighted by molar-refractivity contribution is 5.88. The highest BCUT2D eigenvalue weighted by Crippen LogP contribution is 2.17. The van der Waals surface area contributed by atoms with E-state index in [4.69, 9.17) is 10.8 Å². The normalized spacial score (nSPS) is 10.7. The van der Waals surface area contributed by atoms with Gasteiger partial charge in [0, 0.05) is 5.56 Å². The zero-order valence-corrected chi connectivity index (χ0v) is 7.66. The second kappa shape index (κ2) is 3.47. The molecule has 0 saturated carbocycles. The predicted octanol–water partition coefficient (Wildman–Crippen LogP) is 0.889. The number of carbonyl (C=O) groups is 1. The molecule has 1 heterocycles. The number of carboxylic acid groups (broad SMARTS) is 1. The van der Waals surface area contributed by atoms with E-state index in [0.29, 0.717) is 17.9 Å². The number of aromatic amines is 1. The molecule has 0 saturated heterocycles. The fourth-order valence-corrected chi connectivity index (χ4v) is 1.17. The van der Waals surface area contributed by atoms with Crippen LogP contribution in [0.25, 0.3) is 0 Å². The topological polar surface area (TPSA) is 92.0 Å². The van der Waals surface area contributed by atoms with Gasteiger partial charge in [0.1, 0.15) is 11.5 Å². The number of carboxylic acids is 1. The van der Waals surface area contributed by atoms with Crippen LogP contribution in [0.1, 0.15) is 29.9 Å². The molecule has 0 bridgehead atoms. The first-order chi connectivity index (χ1) is 6.02. The monoisotopic (exact) mass is 183 g/mol. The van der Waals surface area contributed by atoms with Crippen LogP contribution in [0.5, 0.6) is 0 Å². The van der Waals surface area contributed by atoms with E-state index < -0.39 is 5.97 Å². The molecule has 1 rings (SSSR count). The molecule has 1 aromatic heterocycles. The minimum Gasteiger partial charge on any atom is -0.477 e. The summed E-state index contributed by atoms with van der Waals surface area (Å²) in [6.07, 6.45) is 0.629. The number of H-pyrrole nitrogens is 1. The van der Waals surface area contributed by atoms with E-state index in [9.17, 15) is 4.79 Å². The third kappa shape index (κ3) is 1.99. The summed E-state index contributed by atoms with van der Waals surface area (Å²) >= 11 is 0. The number of nitrogens with two attached hydrogens (primary N) is 1. The summed E-state index contributed by atoms with van der Waals surface area (Å²) in [5, 5.41) is 14.8. The van der Waals surface area contributed by atoms with Gasteiger partial charge in [0.05, 0.1) is 0 Å². The van der Waals surface area contributed by atoms with E-state index >= 15 is 0 Å². The number of aromatic carboxylic acids is 1. The van der Waals surface area contributed by atoms with Gasteiger partial charge < -0.3 is 10.8 Å². The Balaban J connectivity index is 3.01. The second-order valence-corrected chi connectivity index (χ2v) is 3.37. The fraction of sp³-hybridized carbons (Fsp3) is 0.500. The summed E-state index contributed by atoms with van der Waals surface area (Å²) in [6.45, 7) is 4.00. The van der Waals surface area contributed by atoms with Crippen LogP contribution in [0, 0.1) is 5.92 Å². The molecule has 0 spiro atoms. The van der Waals surface area contributed by atoms with Crippen LogP contribution in [0.2, 0.25) is 0 Å². The Morgan fingerprint density at radius 2 is 2.31 bits per heavy atom. The van der Waals surface area contributed by atoms with Crippen molar-refractivity contribution in [1.29, 1.82) is 0 Å². The maximum absolute atomic E-state index is 10.7. The second-order valence-electron chi connectivity index (χ2n) is 3.37. The van der Waals surface area contributed by atoms with Crippen LogP contribution in [-0.2, 0) is 6.42 Å². The van der Waals surface area contributed by atoms with Gasteiger partial charge in [-0.05, 0) is 12.3 Å². The van der Waals surface area contributed by atoms with Gasteiger partial charge in [-0.15, -0.1) is 0 Å². The fourth-order valence-electron chi connectivity index (χ4n) is 1.17. The van der Waals surface area contributed by atoms with E-state index in [0.717, 1.165) is 0 Å². The van der Waals surface area contributed by atoms with Crippen molar-refractivity contribution in [1.82, 2.24) is 10.2 Å². The minimum atomic E-state index is -1.01. The maximum atomic E-state index is 10.7. The lowest BCUT2D eigenvalue weighted by atomic mass is 10.0. The first kappa shape index (κ1) is 9.57. The van der Waals surface area contributed by atoms with Gasteiger partial charge in [-0.2, -0.15) is 5.10 Å². The predicted molar refractivity (Wildman–Crippen MR) is 48.5 cm³/mol. The van der Waals surface area contributed by atoms with Gasteiger partial charge >= 0.3 is 5.97 Å². The van der Waals surface area contributed by atoms with Gasteiger partial charge in [0.15, 0.2) is 0 Å². The Labute approximate surface area is 75.9 Å². The molecule has 0 amide bonds. The van der Waals surface area contributed by atoms with Crippen molar-refractivity contribution in [3.63, 3.8) is 0 Å². The Bertz CT molecular complexity index is 317. The van der Waals surface area contributed by atoms with Crippen LogP contribution >= 0.6 is 0 Å². The lowest BCUT2D eigenvalue weighted by Gasteiger charge is -2.03. The highest BCUT2D eigenvalue weighted by Gasteiger charge is 2.17. The van der Waals surface area contributed by atoms with Crippen molar-refractivity contribution in [2.75, 3.05) is 5.73 Å². The summed E-state index contributed by atoms with van der Waals surface area (Å²) in [7, 11) is 0. The van der Waals surface area contributed by atoms with Gasteiger partial charge in [0.25, 0.3) is 0 Å². The van der Waals surface area contributed by atoms with Crippen LogP contribution in [-0.4, -0.2) is 21.3 Å². The molecular formula is C8H13N3O2. The largest absolute Gasteiger partial charge is 0.477 e. The molecule has 5 heteroatoms. The van der Waals surface area contributed by atoms with Crippen LogP contribution in [0.15, 0.2) is 0 Å². The Morgan fingerprint density at radius 1 is 1.69 bits per heavy atom. The van der Waals surface area contributed by atoms with E-state index in [2.05, 4.69) is 10.2 Å². The third-order valence-corrected chi connectivity index (χ3v) is 1.73. The Morgan fingerprint density at radius 3 is 2.77 bits per heavy atom. The van der Waals surface area contributed by atoms with Crippen LogP contribution in [0.4, 0.5) is 5.82 Å². The molecule has 0 aliphatic carbocycles. The van der Waals surface area contributed by atoms with Gasteiger partial charge in [-0.3, -0.25) is 5.10 Å². The van der Waals surface area contributed by atoms with Crippen LogP contribution in [0.3, 0.4) is 0 Å². The molecule has 5 nitrogen and oxygen atoms in total. The number of hydrogen-bond donors (Lipinski definition) is 3. The van der Waals surface area contributed by atoms with Crippen LogP contribution < -0.4 is 5.73 Å². The average Bonchev–Trinajstić information content (AvgIpc) is 2.32. The molecule has 4 N–H and O–H groups in total. The van der Waals surface area contributed by atoms with Crippen molar-refractivity contribution in [2.24, 2.45) is 5.92 Å². The van der Waals surface area contributed by atoms with Crippen molar-refractivity contribution < 1.29 is 9.90 Å². The molecule has 0 atom stereocenters. The van der Waals surface area contributed by atoms with Crippen molar-refractivity contribution >= 4 is 11.8 Å². The number of nitrogen functional groups attached to an aromatic ring is 1. The van der Waals surface area contributed by atoms with E-state index in [1.165, 1.54) is 0 Å². The quantitative estimate of drug-likeness (QED) is 0.648. The summed E-state index contributed by atoms with van der Waals surface area (Å²) in [5.74, 6) is -0.371. The number of anilines is 1. The summed E-state index contributed by atoms with van der Waals surface area (Å²) in [4.78, 5) is 10.7. The Hall–Kier alpha value is -1.52. The van der Waals surface area contributed by atoms with E-state index in [1.54, 1.807) is 0 Å². The number of nitrogens with zero attached hydrogens (tertiary/aromatic N) is 1. The molecule has 0 aromatic carbocycles. The van der Waals surface area contributed by atoms with Crippen molar-refractivity contribution in [2.45, 2.75) is 20.3 Å². The lowest BCUT2D eigenvalue weighted by Crippen LogP contribution is -2.05. The van der Waals surface area contributed by atoms with E-state index in [-0.39, 0.29) is 11.5 Å². The zero-order valence-electron chi connectivity index (χ0n) is 7.66. The zero-order chi connectivity index (χ0) is 10.0. The van der Waals surface area contributed by atoms with Gasteiger partial charge in [0.2, 0.25) is 0 Å². The molecule has 13 heavy (non-hydrogen) atoms. The highest BCUT2D eigenvalue weighted by atomic mass is 16.4. The molecule has 0 aliphatic heterocycles. The summed E-state index contributed by atoms with van der Waals surface area (Å²) in [6, 6.07) is 0. The van der Waals surface area contributed by atoms with Gasteiger partial charge in [-0.1, -0.05) is 13.8 Å². The Kier molecular flexibility index (Phi) is 2.55. The summed E-state index contributed by atoms with van der Waals surface area (Å²) < 4.78 is 0. The molecule has 72 valence electrons.